The van der Waals surface area contributed by atoms with Gasteiger partial charge in [-0.15, -0.1) is 0 Å². The zero-order valence-corrected chi connectivity index (χ0v) is 22.4. The number of hydrogen-bond acceptors (Lipinski definition) is 4. The summed E-state index contributed by atoms with van der Waals surface area (Å²) in [5, 5.41) is 4.97. The summed E-state index contributed by atoms with van der Waals surface area (Å²) in [4.78, 5) is 17.5. The first-order valence-corrected chi connectivity index (χ1v) is 12.7. The van der Waals surface area contributed by atoms with Crippen molar-refractivity contribution in [3.8, 4) is 5.75 Å². The summed E-state index contributed by atoms with van der Waals surface area (Å²) in [6.07, 6.45) is 1.83. The maximum atomic E-state index is 12.4. The number of benzene rings is 3. The van der Waals surface area contributed by atoms with E-state index < -0.39 is 0 Å². The molecule has 1 aliphatic heterocycles. The Morgan fingerprint density at radius 2 is 1.88 bits per heavy atom. The molecule has 0 unspecified atom stereocenters. The van der Waals surface area contributed by atoms with Crippen LogP contribution in [0.5, 0.6) is 5.75 Å². The zero-order chi connectivity index (χ0) is 23.5. The number of carbonyl (C=O) groups excluding carboxylic acids is 1. The van der Waals surface area contributed by atoms with Crippen molar-refractivity contribution in [3.05, 3.63) is 94.8 Å². The van der Waals surface area contributed by atoms with E-state index in [0.29, 0.717) is 31.7 Å². The van der Waals surface area contributed by atoms with Gasteiger partial charge in [0.25, 0.3) is 5.91 Å². The first-order valence-electron chi connectivity index (χ1n) is 9.71. The van der Waals surface area contributed by atoms with Gasteiger partial charge in [0.15, 0.2) is 5.17 Å². The average molecular weight is 630 g/mol. The largest absolute Gasteiger partial charge is 0.488 e. The van der Waals surface area contributed by atoms with E-state index >= 15 is 0 Å². The molecule has 1 fully saturated rings. The van der Waals surface area contributed by atoms with Crippen LogP contribution >= 0.6 is 69.2 Å². The number of amidine groups is 1. The van der Waals surface area contributed by atoms with E-state index in [-0.39, 0.29) is 5.91 Å². The number of amides is 1. The fraction of sp³-hybridized carbons (Fsp3) is 0.0833. The van der Waals surface area contributed by atoms with Gasteiger partial charge in [-0.2, -0.15) is 0 Å². The van der Waals surface area contributed by atoms with Crippen molar-refractivity contribution in [2.24, 2.45) is 4.99 Å². The minimum atomic E-state index is -0.187. The third-order valence-corrected chi connectivity index (χ3v) is 7.65. The summed E-state index contributed by atoms with van der Waals surface area (Å²) in [5.74, 6) is 0.555. The van der Waals surface area contributed by atoms with Crippen LogP contribution in [0.15, 0.2) is 64.5 Å². The summed E-state index contributed by atoms with van der Waals surface area (Å²) >= 11 is 21.7. The lowest BCUT2D eigenvalue weighted by Gasteiger charge is -2.10. The highest BCUT2D eigenvalue weighted by Gasteiger charge is 2.24. The van der Waals surface area contributed by atoms with Crippen LogP contribution in [0.3, 0.4) is 0 Å². The van der Waals surface area contributed by atoms with Crippen molar-refractivity contribution in [1.29, 1.82) is 0 Å². The summed E-state index contributed by atoms with van der Waals surface area (Å²) in [5.41, 5.74) is 3.40. The highest BCUT2D eigenvalue weighted by Crippen LogP contribution is 2.32. The monoisotopic (exact) mass is 628 g/mol. The quantitative estimate of drug-likeness (QED) is 0.230. The molecule has 4 nitrogen and oxygen atoms in total. The van der Waals surface area contributed by atoms with Gasteiger partial charge in [-0.3, -0.25) is 4.79 Å². The third-order valence-electron chi connectivity index (χ3n) is 4.74. The molecule has 9 heteroatoms. The Balaban J connectivity index is 1.47. The molecule has 0 saturated carbocycles. The molecule has 1 saturated heterocycles. The molecule has 1 amide bonds. The molecular formula is C24H16Cl3IN2O2S. The summed E-state index contributed by atoms with van der Waals surface area (Å²) in [6.45, 7) is 2.27. The lowest BCUT2D eigenvalue weighted by Crippen LogP contribution is -2.19. The van der Waals surface area contributed by atoms with Gasteiger partial charge in [0.05, 0.1) is 24.2 Å². The standard InChI is InChI=1S/C24H16Cl3IN2O2S/c1-13-16(25)3-2-4-20(13)29-24-30-23(31)22(33-24)11-14-6-8-21(19(28)10-14)32-12-15-5-7-17(26)18(27)9-15/h2-11H,12H2,1H3,(H,29,30,31)/b22-11+. The predicted octanol–water partition coefficient (Wildman–Crippen LogP) is 8.03. The van der Waals surface area contributed by atoms with E-state index in [0.717, 1.165) is 31.7 Å². The smallest absolute Gasteiger partial charge is 0.264 e. The van der Waals surface area contributed by atoms with Crippen LogP contribution in [0.25, 0.3) is 6.08 Å². The molecule has 1 N–H and O–H groups in total. The minimum Gasteiger partial charge on any atom is -0.488 e. The van der Waals surface area contributed by atoms with Gasteiger partial charge in [0.2, 0.25) is 0 Å². The highest BCUT2D eigenvalue weighted by molar-refractivity contribution is 14.1. The minimum absolute atomic E-state index is 0.187. The van der Waals surface area contributed by atoms with Crippen molar-refractivity contribution in [1.82, 2.24) is 5.32 Å². The number of aliphatic imine (C=N–C) groups is 1. The number of thioether (sulfide) groups is 1. The van der Waals surface area contributed by atoms with Crippen molar-refractivity contribution < 1.29 is 9.53 Å². The van der Waals surface area contributed by atoms with E-state index in [4.69, 9.17) is 39.5 Å². The van der Waals surface area contributed by atoms with E-state index in [1.54, 1.807) is 12.1 Å². The molecule has 0 aliphatic carbocycles. The molecule has 3 aromatic rings. The first-order chi connectivity index (χ1) is 15.8. The van der Waals surface area contributed by atoms with Gasteiger partial charge < -0.3 is 10.1 Å². The lowest BCUT2D eigenvalue weighted by atomic mass is 10.2. The molecule has 0 radical (unpaired) electrons. The van der Waals surface area contributed by atoms with E-state index in [1.807, 2.05) is 55.5 Å². The number of nitrogens with one attached hydrogen (secondary N) is 1. The zero-order valence-electron chi connectivity index (χ0n) is 17.2. The molecule has 33 heavy (non-hydrogen) atoms. The van der Waals surface area contributed by atoms with E-state index in [9.17, 15) is 4.79 Å². The average Bonchev–Trinajstić information content (AvgIpc) is 3.12. The van der Waals surface area contributed by atoms with Crippen molar-refractivity contribution in [2.75, 3.05) is 0 Å². The summed E-state index contributed by atoms with van der Waals surface area (Å²) in [6, 6.07) is 16.7. The Morgan fingerprint density at radius 1 is 1.06 bits per heavy atom. The molecule has 1 aliphatic rings. The Kier molecular flexibility index (Phi) is 7.91. The fourth-order valence-electron chi connectivity index (χ4n) is 2.97. The molecule has 1 heterocycles. The molecular weight excluding hydrogens is 614 g/mol. The van der Waals surface area contributed by atoms with Gasteiger partial charge >= 0.3 is 0 Å². The molecule has 0 spiro atoms. The van der Waals surface area contributed by atoms with E-state index in [1.165, 1.54) is 11.8 Å². The predicted molar refractivity (Wildman–Crippen MR) is 147 cm³/mol. The van der Waals surface area contributed by atoms with Crippen LogP contribution in [-0.4, -0.2) is 11.1 Å². The van der Waals surface area contributed by atoms with Crippen molar-refractivity contribution in [3.63, 3.8) is 0 Å². The lowest BCUT2D eigenvalue weighted by molar-refractivity contribution is -0.115. The maximum Gasteiger partial charge on any atom is 0.264 e. The van der Waals surface area contributed by atoms with Gasteiger partial charge in [0.1, 0.15) is 12.4 Å². The molecule has 3 aromatic carbocycles. The van der Waals surface area contributed by atoms with Gasteiger partial charge in [0, 0.05) is 5.02 Å². The van der Waals surface area contributed by atoms with Crippen LogP contribution in [0.2, 0.25) is 15.1 Å². The van der Waals surface area contributed by atoms with E-state index in [2.05, 4.69) is 32.9 Å². The van der Waals surface area contributed by atoms with Gasteiger partial charge in [-0.1, -0.05) is 53.0 Å². The molecule has 0 aromatic heterocycles. The molecule has 168 valence electrons. The highest BCUT2D eigenvalue weighted by atomic mass is 127. The second kappa shape index (κ2) is 10.7. The van der Waals surface area contributed by atoms with Gasteiger partial charge in [-0.25, -0.2) is 4.99 Å². The normalized spacial score (nSPS) is 15.8. The number of hydrogen-bond donors (Lipinski definition) is 1. The number of carbonyl (C=O) groups is 1. The summed E-state index contributed by atoms with van der Waals surface area (Å²) in [7, 11) is 0. The second-order valence-electron chi connectivity index (χ2n) is 7.09. The van der Waals surface area contributed by atoms with Crippen LogP contribution in [0.1, 0.15) is 16.7 Å². The Labute approximate surface area is 224 Å². The van der Waals surface area contributed by atoms with Crippen LogP contribution in [0, 0.1) is 10.5 Å². The second-order valence-corrected chi connectivity index (χ2v) is 10.5. The molecule has 4 rings (SSSR count). The third kappa shape index (κ3) is 6.05. The Morgan fingerprint density at radius 3 is 2.64 bits per heavy atom. The molecule has 0 bridgehead atoms. The van der Waals surface area contributed by atoms with Crippen molar-refractivity contribution >= 4 is 92.0 Å². The van der Waals surface area contributed by atoms with Crippen LogP contribution in [-0.2, 0) is 11.4 Å². The summed E-state index contributed by atoms with van der Waals surface area (Å²) < 4.78 is 6.85. The number of halogens is 4. The fourth-order valence-corrected chi connectivity index (χ4v) is 4.99. The maximum absolute atomic E-state index is 12.4. The number of nitrogens with zero attached hydrogens (tertiary/aromatic N) is 1. The molecule has 0 atom stereocenters. The van der Waals surface area contributed by atoms with Crippen LogP contribution < -0.4 is 10.1 Å². The number of rotatable bonds is 5. The Hall–Kier alpha value is -1.71. The first kappa shape index (κ1) is 24.4. The SMILES string of the molecule is Cc1c(Cl)cccc1N=C1NC(=O)/C(=C\c2ccc(OCc3ccc(Cl)c(Cl)c3)c(I)c2)S1. The number of ether oxygens (including phenoxy) is 1. The van der Waals surface area contributed by atoms with Crippen molar-refractivity contribution in [2.45, 2.75) is 13.5 Å². The topological polar surface area (TPSA) is 50.7 Å². The Bertz CT molecular complexity index is 1310. The van der Waals surface area contributed by atoms with Crippen LogP contribution in [0.4, 0.5) is 5.69 Å². The van der Waals surface area contributed by atoms with Gasteiger partial charge in [-0.05, 0) is 100 Å².